The first kappa shape index (κ1) is 12.9. The Morgan fingerprint density at radius 1 is 1.22 bits per heavy atom. The second-order valence-corrected chi connectivity index (χ2v) is 4.83. The largest absolute Gasteiger partial charge is 0.340 e. The summed E-state index contributed by atoms with van der Waals surface area (Å²) in [5.74, 6) is 0.795. The van der Waals surface area contributed by atoms with E-state index in [1.165, 1.54) is 11.1 Å². The highest BCUT2D eigenvalue weighted by molar-refractivity contribution is 6.29. The third-order valence-electron chi connectivity index (χ3n) is 2.93. The Balaban J connectivity index is 2.39. The number of halogens is 1. The Hall–Kier alpha value is -1.54. The molecule has 2 aromatic rings. The minimum Gasteiger partial charge on any atom is -0.340 e. The van der Waals surface area contributed by atoms with Crippen molar-refractivity contribution in [2.45, 2.75) is 27.2 Å². The van der Waals surface area contributed by atoms with Gasteiger partial charge in [-0.15, -0.1) is 0 Å². The maximum absolute atomic E-state index is 5.98. The van der Waals surface area contributed by atoms with Crippen molar-refractivity contribution in [1.82, 2.24) is 4.98 Å². The highest BCUT2D eigenvalue weighted by Crippen LogP contribution is 2.25. The monoisotopic (exact) mass is 260 g/mol. The first-order valence-corrected chi connectivity index (χ1v) is 6.47. The van der Waals surface area contributed by atoms with Crippen molar-refractivity contribution in [3.63, 3.8) is 0 Å². The molecule has 0 saturated carbocycles. The fourth-order valence-corrected chi connectivity index (χ4v) is 2.28. The molecule has 0 spiro atoms. The summed E-state index contributed by atoms with van der Waals surface area (Å²) in [5, 5.41) is 3.90. The highest BCUT2D eigenvalue weighted by atomic mass is 35.5. The first-order valence-electron chi connectivity index (χ1n) is 6.10. The van der Waals surface area contributed by atoms with E-state index < -0.39 is 0 Å². The van der Waals surface area contributed by atoms with Crippen LogP contribution in [0.4, 0.5) is 11.5 Å². The van der Waals surface area contributed by atoms with Gasteiger partial charge in [-0.05, 0) is 49.1 Å². The van der Waals surface area contributed by atoms with E-state index in [1.54, 1.807) is 0 Å². The molecule has 0 amide bonds. The van der Waals surface area contributed by atoms with Crippen LogP contribution < -0.4 is 5.32 Å². The molecule has 1 aromatic carbocycles. The van der Waals surface area contributed by atoms with Crippen molar-refractivity contribution in [3.05, 3.63) is 52.2 Å². The molecule has 1 N–H and O–H groups in total. The molecule has 1 heterocycles. The number of anilines is 2. The van der Waals surface area contributed by atoms with Crippen LogP contribution in [0.15, 0.2) is 30.3 Å². The van der Waals surface area contributed by atoms with Gasteiger partial charge in [-0.3, -0.25) is 0 Å². The molecule has 0 saturated heterocycles. The van der Waals surface area contributed by atoms with Crippen molar-refractivity contribution in [2.75, 3.05) is 5.32 Å². The predicted octanol–water partition coefficient (Wildman–Crippen LogP) is 4.66. The Morgan fingerprint density at radius 2 is 2.00 bits per heavy atom. The molecule has 0 atom stereocenters. The molecule has 0 fully saturated rings. The van der Waals surface area contributed by atoms with Gasteiger partial charge in [-0.1, -0.05) is 36.7 Å². The van der Waals surface area contributed by atoms with Crippen LogP contribution in [0.5, 0.6) is 0 Å². The molecule has 18 heavy (non-hydrogen) atoms. The Kier molecular flexibility index (Phi) is 3.87. The van der Waals surface area contributed by atoms with Crippen LogP contribution in [0.25, 0.3) is 0 Å². The second-order valence-electron chi connectivity index (χ2n) is 4.44. The molecule has 2 rings (SSSR count). The van der Waals surface area contributed by atoms with E-state index in [-0.39, 0.29) is 0 Å². The summed E-state index contributed by atoms with van der Waals surface area (Å²) in [6, 6.07) is 10.2. The third-order valence-corrected chi connectivity index (χ3v) is 3.13. The molecular formula is C15H17ClN2. The van der Waals surface area contributed by atoms with Crippen molar-refractivity contribution in [2.24, 2.45) is 0 Å². The van der Waals surface area contributed by atoms with Crippen LogP contribution in [-0.4, -0.2) is 4.98 Å². The fourth-order valence-electron chi connectivity index (χ4n) is 2.02. The van der Waals surface area contributed by atoms with Gasteiger partial charge >= 0.3 is 0 Å². The lowest BCUT2D eigenvalue weighted by atomic mass is 10.1. The summed E-state index contributed by atoms with van der Waals surface area (Å²) in [6.07, 6.45) is 0.990. The molecule has 0 radical (unpaired) electrons. The van der Waals surface area contributed by atoms with Crippen molar-refractivity contribution in [1.29, 1.82) is 0 Å². The molecule has 0 unspecified atom stereocenters. The van der Waals surface area contributed by atoms with Crippen molar-refractivity contribution < 1.29 is 0 Å². The summed E-state index contributed by atoms with van der Waals surface area (Å²) < 4.78 is 0. The molecule has 94 valence electrons. The van der Waals surface area contributed by atoms with E-state index in [4.69, 9.17) is 11.6 Å². The normalized spacial score (nSPS) is 10.4. The standard InChI is InChI=1S/C15H17ClN2/c1-4-12-7-5-6-11(3)15(12)18-14-9-10(2)8-13(16)17-14/h5-9H,4H2,1-3H3,(H,17,18). The average Bonchev–Trinajstić information content (AvgIpc) is 2.30. The van der Waals surface area contributed by atoms with Gasteiger partial charge in [0.05, 0.1) is 0 Å². The van der Waals surface area contributed by atoms with Crippen molar-refractivity contribution >= 4 is 23.1 Å². The number of aromatic nitrogens is 1. The molecule has 0 aliphatic carbocycles. The number of benzene rings is 1. The lowest BCUT2D eigenvalue weighted by molar-refractivity contribution is 1.13. The van der Waals surface area contributed by atoms with Gasteiger partial charge in [0.1, 0.15) is 11.0 Å². The molecule has 0 aliphatic heterocycles. The number of para-hydroxylation sites is 1. The zero-order valence-corrected chi connectivity index (χ0v) is 11.7. The van der Waals surface area contributed by atoms with Gasteiger partial charge in [-0.2, -0.15) is 0 Å². The number of pyridine rings is 1. The zero-order valence-electron chi connectivity index (χ0n) is 10.9. The van der Waals surface area contributed by atoms with E-state index in [9.17, 15) is 0 Å². The fraction of sp³-hybridized carbons (Fsp3) is 0.267. The van der Waals surface area contributed by atoms with Crippen LogP contribution in [-0.2, 0) is 6.42 Å². The molecule has 0 bridgehead atoms. The van der Waals surface area contributed by atoms with Crippen LogP contribution in [0, 0.1) is 13.8 Å². The molecule has 3 heteroatoms. The molecule has 2 nitrogen and oxygen atoms in total. The lowest BCUT2D eigenvalue weighted by Gasteiger charge is -2.14. The number of hydrogen-bond acceptors (Lipinski definition) is 2. The minimum atomic E-state index is 0.518. The van der Waals surface area contributed by atoms with Crippen LogP contribution >= 0.6 is 11.6 Å². The smallest absolute Gasteiger partial charge is 0.132 e. The maximum Gasteiger partial charge on any atom is 0.132 e. The number of aryl methyl sites for hydroxylation is 3. The lowest BCUT2D eigenvalue weighted by Crippen LogP contribution is -2.00. The van der Waals surface area contributed by atoms with Gasteiger partial charge in [-0.25, -0.2) is 4.98 Å². The summed E-state index contributed by atoms with van der Waals surface area (Å²) in [5.41, 5.74) is 4.74. The van der Waals surface area contributed by atoms with E-state index in [0.29, 0.717) is 5.15 Å². The first-order chi connectivity index (χ1) is 8.60. The average molecular weight is 261 g/mol. The quantitative estimate of drug-likeness (QED) is 0.812. The summed E-state index contributed by atoms with van der Waals surface area (Å²) in [6.45, 7) is 6.26. The van der Waals surface area contributed by atoms with E-state index in [2.05, 4.69) is 42.3 Å². The molecule has 0 aliphatic rings. The van der Waals surface area contributed by atoms with Gasteiger partial charge in [0.25, 0.3) is 0 Å². The highest BCUT2D eigenvalue weighted by Gasteiger charge is 2.06. The minimum absolute atomic E-state index is 0.518. The molecular weight excluding hydrogens is 244 g/mol. The van der Waals surface area contributed by atoms with Gasteiger partial charge in [0, 0.05) is 5.69 Å². The predicted molar refractivity (Wildman–Crippen MR) is 77.8 cm³/mol. The van der Waals surface area contributed by atoms with Gasteiger partial charge in [0.2, 0.25) is 0 Å². The summed E-state index contributed by atoms with van der Waals surface area (Å²) in [4.78, 5) is 4.30. The third kappa shape index (κ3) is 2.82. The van der Waals surface area contributed by atoms with Gasteiger partial charge < -0.3 is 5.32 Å². The number of nitrogens with zero attached hydrogens (tertiary/aromatic N) is 1. The van der Waals surface area contributed by atoms with Gasteiger partial charge in [0.15, 0.2) is 0 Å². The molecule has 1 aromatic heterocycles. The van der Waals surface area contributed by atoms with Crippen molar-refractivity contribution in [3.8, 4) is 0 Å². The van der Waals surface area contributed by atoms with Crippen LogP contribution in [0.2, 0.25) is 5.15 Å². The summed E-state index contributed by atoms with van der Waals surface area (Å²) >= 11 is 5.98. The topological polar surface area (TPSA) is 24.9 Å². The summed E-state index contributed by atoms with van der Waals surface area (Å²) in [7, 11) is 0. The van der Waals surface area contributed by atoms with E-state index >= 15 is 0 Å². The van der Waals surface area contributed by atoms with E-state index in [0.717, 1.165) is 23.5 Å². The van der Waals surface area contributed by atoms with Crippen LogP contribution in [0.1, 0.15) is 23.6 Å². The number of nitrogens with one attached hydrogen (secondary N) is 1. The second kappa shape index (κ2) is 5.40. The number of hydrogen-bond donors (Lipinski definition) is 1. The Morgan fingerprint density at radius 3 is 2.67 bits per heavy atom. The SMILES string of the molecule is CCc1cccc(C)c1Nc1cc(C)cc(Cl)n1. The Labute approximate surface area is 113 Å². The van der Waals surface area contributed by atoms with E-state index in [1.807, 2.05) is 19.1 Å². The van der Waals surface area contributed by atoms with Crippen LogP contribution in [0.3, 0.4) is 0 Å². The maximum atomic E-state index is 5.98. The Bertz CT molecular complexity index is 544. The number of rotatable bonds is 3. The zero-order chi connectivity index (χ0) is 13.1.